The third-order valence-electron chi connectivity index (χ3n) is 4.87. The van der Waals surface area contributed by atoms with Crippen LogP contribution in [-0.4, -0.2) is 36.6 Å². The van der Waals surface area contributed by atoms with Crippen molar-refractivity contribution in [3.63, 3.8) is 0 Å². The van der Waals surface area contributed by atoms with Crippen molar-refractivity contribution in [2.24, 2.45) is 5.92 Å². The zero-order valence-electron chi connectivity index (χ0n) is 11.8. The lowest BCUT2D eigenvalue weighted by Gasteiger charge is -2.39. The molecule has 0 aromatic carbocycles. The van der Waals surface area contributed by atoms with E-state index in [1.54, 1.807) is 0 Å². The summed E-state index contributed by atoms with van der Waals surface area (Å²) in [5, 5.41) is 3.80. The van der Waals surface area contributed by atoms with Crippen LogP contribution >= 0.6 is 0 Å². The first-order valence-electron chi connectivity index (χ1n) is 7.75. The van der Waals surface area contributed by atoms with Crippen molar-refractivity contribution in [3.05, 3.63) is 0 Å². The Morgan fingerprint density at radius 2 is 2.00 bits per heavy atom. The quantitative estimate of drug-likeness (QED) is 0.792. The molecule has 2 aliphatic rings. The number of rotatable bonds is 5. The monoisotopic (exact) mass is 238 g/mol. The third-order valence-corrected chi connectivity index (χ3v) is 4.87. The standard InChI is InChI=1S/C15H30N2/c1-3-8-15(9-5-10-16-15)13-17-11-6-14(4-2)7-12-17/h14,16H,3-13H2,1-2H3. The van der Waals surface area contributed by atoms with Gasteiger partial charge in [0.25, 0.3) is 0 Å². The molecule has 0 aromatic heterocycles. The van der Waals surface area contributed by atoms with Gasteiger partial charge in [-0.05, 0) is 57.7 Å². The molecule has 0 aromatic rings. The Hall–Kier alpha value is -0.0800. The van der Waals surface area contributed by atoms with Crippen molar-refractivity contribution in [3.8, 4) is 0 Å². The smallest absolute Gasteiger partial charge is 0.0309 e. The lowest BCUT2D eigenvalue weighted by atomic mass is 9.88. The minimum Gasteiger partial charge on any atom is -0.310 e. The maximum atomic E-state index is 3.80. The van der Waals surface area contributed by atoms with Crippen LogP contribution in [0.15, 0.2) is 0 Å². The second-order valence-corrected chi connectivity index (χ2v) is 6.19. The summed E-state index contributed by atoms with van der Waals surface area (Å²) < 4.78 is 0. The van der Waals surface area contributed by atoms with E-state index in [-0.39, 0.29) is 0 Å². The van der Waals surface area contributed by atoms with E-state index in [0.717, 1.165) is 5.92 Å². The molecule has 0 radical (unpaired) electrons. The summed E-state index contributed by atoms with van der Waals surface area (Å²) >= 11 is 0. The molecule has 17 heavy (non-hydrogen) atoms. The average molecular weight is 238 g/mol. The fraction of sp³-hybridized carbons (Fsp3) is 1.00. The van der Waals surface area contributed by atoms with Gasteiger partial charge in [-0.15, -0.1) is 0 Å². The predicted molar refractivity (Wildman–Crippen MR) is 74.3 cm³/mol. The molecule has 1 N–H and O–H groups in total. The molecule has 2 heterocycles. The maximum absolute atomic E-state index is 3.80. The number of nitrogens with one attached hydrogen (secondary N) is 1. The summed E-state index contributed by atoms with van der Waals surface area (Å²) in [5.41, 5.74) is 0.466. The van der Waals surface area contributed by atoms with E-state index in [2.05, 4.69) is 24.1 Å². The van der Waals surface area contributed by atoms with Gasteiger partial charge in [0, 0.05) is 12.1 Å². The molecule has 1 unspecified atom stereocenters. The van der Waals surface area contributed by atoms with Gasteiger partial charge in [-0.1, -0.05) is 26.7 Å². The van der Waals surface area contributed by atoms with Gasteiger partial charge in [0.15, 0.2) is 0 Å². The summed E-state index contributed by atoms with van der Waals surface area (Å²) in [4.78, 5) is 2.72. The minimum absolute atomic E-state index is 0.466. The van der Waals surface area contributed by atoms with E-state index in [1.165, 1.54) is 71.1 Å². The molecule has 2 nitrogen and oxygen atoms in total. The Morgan fingerprint density at radius 1 is 1.24 bits per heavy atom. The van der Waals surface area contributed by atoms with Crippen LogP contribution in [-0.2, 0) is 0 Å². The van der Waals surface area contributed by atoms with Gasteiger partial charge in [0.1, 0.15) is 0 Å². The highest BCUT2D eigenvalue weighted by Crippen LogP contribution is 2.28. The van der Waals surface area contributed by atoms with Gasteiger partial charge in [0.2, 0.25) is 0 Å². The topological polar surface area (TPSA) is 15.3 Å². The van der Waals surface area contributed by atoms with Crippen molar-refractivity contribution in [1.82, 2.24) is 10.2 Å². The molecule has 2 rings (SSSR count). The second kappa shape index (κ2) is 6.19. The Morgan fingerprint density at radius 3 is 2.53 bits per heavy atom. The molecular formula is C15H30N2. The fourth-order valence-electron chi connectivity index (χ4n) is 3.76. The lowest BCUT2D eigenvalue weighted by Crippen LogP contribution is -2.51. The highest BCUT2D eigenvalue weighted by atomic mass is 15.2. The maximum Gasteiger partial charge on any atom is 0.0309 e. The SMILES string of the molecule is CCCC1(CN2CCC(CC)CC2)CCCN1. The Balaban J connectivity index is 1.82. The number of piperidine rings is 1. The summed E-state index contributed by atoms with van der Waals surface area (Å²) in [6.45, 7) is 9.89. The molecule has 2 fully saturated rings. The van der Waals surface area contributed by atoms with Crippen LogP contribution in [0.4, 0.5) is 0 Å². The summed E-state index contributed by atoms with van der Waals surface area (Å²) in [7, 11) is 0. The van der Waals surface area contributed by atoms with E-state index in [9.17, 15) is 0 Å². The number of likely N-dealkylation sites (tertiary alicyclic amines) is 1. The molecule has 2 heteroatoms. The first-order chi connectivity index (χ1) is 8.28. The second-order valence-electron chi connectivity index (χ2n) is 6.19. The average Bonchev–Trinajstić information content (AvgIpc) is 2.79. The van der Waals surface area contributed by atoms with Crippen LogP contribution in [0.1, 0.15) is 58.8 Å². The van der Waals surface area contributed by atoms with E-state index < -0.39 is 0 Å². The zero-order valence-corrected chi connectivity index (χ0v) is 11.8. The first kappa shape index (κ1) is 13.4. The molecule has 2 aliphatic heterocycles. The molecule has 0 saturated carbocycles. The largest absolute Gasteiger partial charge is 0.310 e. The van der Waals surface area contributed by atoms with Gasteiger partial charge < -0.3 is 10.2 Å². The predicted octanol–water partition coefficient (Wildman–Crippen LogP) is 3.03. The van der Waals surface area contributed by atoms with Crippen LogP contribution in [0.2, 0.25) is 0 Å². The van der Waals surface area contributed by atoms with Crippen molar-refractivity contribution >= 4 is 0 Å². The van der Waals surface area contributed by atoms with Crippen molar-refractivity contribution in [1.29, 1.82) is 0 Å². The number of hydrogen-bond donors (Lipinski definition) is 1. The van der Waals surface area contributed by atoms with Crippen LogP contribution in [0.5, 0.6) is 0 Å². The van der Waals surface area contributed by atoms with Gasteiger partial charge in [-0.25, -0.2) is 0 Å². The van der Waals surface area contributed by atoms with Crippen molar-refractivity contribution < 1.29 is 0 Å². The Labute approximate surface area is 107 Å². The van der Waals surface area contributed by atoms with E-state index >= 15 is 0 Å². The minimum atomic E-state index is 0.466. The van der Waals surface area contributed by atoms with Crippen LogP contribution < -0.4 is 5.32 Å². The Bertz CT molecular complexity index is 213. The van der Waals surface area contributed by atoms with Crippen LogP contribution in [0.3, 0.4) is 0 Å². The normalized spacial score (nSPS) is 32.1. The van der Waals surface area contributed by atoms with Crippen LogP contribution in [0.25, 0.3) is 0 Å². The number of hydrogen-bond acceptors (Lipinski definition) is 2. The van der Waals surface area contributed by atoms with E-state index in [1.807, 2.05) is 0 Å². The van der Waals surface area contributed by atoms with Gasteiger partial charge in [0.05, 0.1) is 0 Å². The molecule has 0 aliphatic carbocycles. The van der Waals surface area contributed by atoms with Crippen LogP contribution in [0, 0.1) is 5.92 Å². The third kappa shape index (κ3) is 3.45. The summed E-state index contributed by atoms with van der Waals surface area (Å²) in [6, 6.07) is 0. The first-order valence-corrected chi connectivity index (χ1v) is 7.75. The molecule has 1 atom stereocenters. The molecule has 0 bridgehead atoms. The molecule has 2 saturated heterocycles. The summed E-state index contributed by atoms with van der Waals surface area (Å²) in [5.74, 6) is 1.00. The molecular weight excluding hydrogens is 208 g/mol. The van der Waals surface area contributed by atoms with Gasteiger partial charge in [-0.2, -0.15) is 0 Å². The molecule has 0 amide bonds. The Kier molecular flexibility index (Phi) is 4.87. The fourth-order valence-corrected chi connectivity index (χ4v) is 3.76. The highest BCUT2D eigenvalue weighted by molar-refractivity contribution is 4.95. The van der Waals surface area contributed by atoms with E-state index in [0.29, 0.717) is 5.54 Å². The zero-order chi connectivity index (χ0) is 12.1. The number of nitrogens with zero attached hydrogens (tertiary/aromatic N) is 1. The lowest BCUT2D eigenvalue weighted by molar-refractivity contribution is 0.132. The van der Waals surface area contributed by atoms with Gasteiger partial charge in [-0.3, -0.25) is 0 Å². The van der Waals surface area contributed by atoms with Gasteiger partial charge >= 0.3 is 0 Å². The molecule has 100 valence electrons. The highest BCUT2D eigenvalue weighted by Gasteiger charge is 2.34. The molecule has 0 spiro atoms. The summed E-state index contributed by atoms with van der Waals surface area (Å²) in [6.07, 6.45) is 9.70. The van der Waals surface area contributed by atoms with Crippen molar-refractivity contribution in [2.75, 3.05) is 26.2 Å². The van der Waals surface area contributed by atoms with Crippen molar-refractivity contribution in [2.45, 2.75) is 64.3 Å². The van der Waals surface area contributed by atoms with E-state index in [4.69, 9.17) is 0 Å².